The first-order chi connectivity index (χ1) is 5.20. The molecule has 11 heavy (non-hydrogen) atoms. The Morgan fingerprint density at radius 2 is 2.45 bits per heavy atom. The second kappa shape index (κ2) is 3.43. The van der Waals surface area contributed by atoms with E-state index < -0.39 is 25.0 Å². The van der Waals surface area contributed by atoms with Crippen molar-refractivity contribution in [3.05, 3.63) is 12.3 Å². The molecule has 0 aromatic rings. The second-order valence-electron chi connectivity index (χ2n) is 2.04. The summed E-state index contributed by atoms with van der Waals surface area (Å²) in [5.41, 5.74) is 0. The number of halogens is 2. The molecule has 0 saturated carbocycles. The number of hydrogen-bond acceptors (Lipinski definition) is 3. The van der Waals surface area contributed by atoms with Crippen LogP contribution in [-0.4, -0.2) is 25.0 Å². The van der Waals surface area contributed by atoms with E-state index in [9.17, 15) is 13.6 Å². The number of esters is 1. The van der Waals surface area contributed by atoms with Crippen LogP contribution in [0.1, 0.15) is 0 Å². The Hall–Kier alpha value is -0.970. The summed E-state index contributed by atoms with van der Waals surface area (Å²) >= 11 is 0. The van der Waals surface area contributed by atoms with E-state index in [0.717, 1.165) is 0 Å². The van der Waals surface area contributed by atoms with E-state index in [4.69, 9.17) is 0 Å². The fraction of sp³-hybridized carbons (Fsp3) is 0.500. The summed E-state index contributed by atoms with van der Waals surface area (Å²) in [6, 6.07) is -0.705. The molecular formula is C6H7F2NO2. The number of rotatable bonds is 3. The van der Waals surface area contributed by atoms with Gasteiger partial charge in [0.05, 0.1) is 12.8 Å². The molecule has 0 fully saturated rings. The first-order valence-electron chi connectivity index (χ1n) is 3.09. The minimum Gasteiger partial charge on any atom is -0.433 e. The molecular weight excluding hydrogens is 156 g/mol. The summed E-state index contributed by atoms with van der Waals surface area (Å²) < 4.78 is 27.5. The van der Waals surface area contributed by atoms with Gasteiger partial charge in [0, 0.05) is 0 Å². The van der Waals surface area contributed by atoms with Gasteiger partial charge in [-0.3, -0.25) is 5.32 Å². The predicted molar refractivity (Wildman–Crippen MR) is 33.0 cm³/mol. The highest BCUT2D eigenvalue weighted by Crippen LogP contribution is 2.01. The number of nitrogens with one attached hydrogen (secondary N) is 1. The van der Waals surface area contributed by atoms with Crippen molar-refractivity contribution in [2.75, 3.05) is 6.54 Å². The molecule has 0 aromatic carbocycles. The summed E-state index contributed by atoms with van der Waals surface area (Å²) in [4.78, 5) is 10.6. The lowest BCUT2D eigenvalue weighted by atomic mass is 10.3. The van der Waals surface area contributed by atoms with Crippen LogP contribution in [0.25, 0.3) is 0 Å². The Balaban J connectivity index is 2.26. The molecule has 1 rings (SSSR count). The van der Waals surface area contributed by atoms with Crippen molar-refractivity contribution >= 4 is 5.97 Å². The SMILES string of the molecule is O=C1OC=CC1NCC(F)F. The number of carbonyl (C=O) groups is 1. The molecule has 0 aliphatic carbocycles. The van der Waals surface area contributed by atoms with E-state index in [1.165, 1.54) is 12.3 Å². The first kappa shape index (κ1) is 8.13. The molecule has 0 amide bonds. The Morgan fingerprint density at radius 3 is 2.91 bits per heavy atom. The van der Waals surface area contributed by atoms with Crippen molar-refractivity contribution in [2.45, 2.75) is 12.5 Å². The Labute approximate surface area is 62.0 Å². The highest BCUT2D eigenvalue weighted by atomic mass is 19.3. The van der Waals surface area contributed by atoms with Crippen molar-refractivity contribution in [3.8, 4) is 0 Å². The van der Waals surface area contributed by atoms with Crippen LogP contribution in [0.5, 0.6) is 0 Å². The molecule has 62 valence electrons. The number of alkyl halides is 2. The molecule has 1 atom stereocenters. The Bertz CT molecular complexity index is 181. The van der Waals surface area contributed by atoms with E-state index >= 15 is 0 Å². The van der Waals surface area contributed by atoms with Gasteiger partial charge < -0.3 is 4.74 Å². The summed E-state index contributed by atoms with van der Waals surface area (Å²) in [5.74, 6) is -0.536. The lowest BCUT2D eigenvalue weighted by Gasteiger charge is -2.05. The smallest absolute Gasteiger partial charge is 0.332 e. The fourth-order valence-corrected chi connectivity index (χ4v) is 0.704. The Morgan fingerprint density at radius 1 is 1.73 bits per heavy atom. The van der Waals surface area contributed by atoms with E-state index in [0.29, 0.717) is 0 Å². The third-order valence-corrected chi connectivity index (χ3v) is 1.20. The molecule has 1 heterocycles. The van der Waals surface area contributed by atoms with Crippen LogP contribution in [0.15, 0.2) is 12.3 Å². The molecule has 0 aromatic heterocycles. The highest BCUT2D eigenvalue weighted by Gasteiger charge is 2.21. The maximum Gasteiger partial charge on any atom is 0.332 e. The molecule has 0 spiro atoms. The summed E-state index contributed by atoms with van der Waals surface area (Å²) in [6.07, 6.45) is 0.132. The first-order valence-corrected chi connectivity index (χ1v) is 3.09. The van der Waals surface area contributed by atoms with Gasteiger partial charge in [-0.25, -0.2) is 13.6 Å². The number of hydrogen-bond donors (Lipinski definition) is 1. The van der Waals surface area contributed by atoms with Crippen LogP contribution in [0, 0.1) is 0 Å². The zero-order valence-electron chi connectivity index (χ0n) is 5.59. The summed E-state index contributed by atoms with van der Waals surface area (Å²) in [6.45, 7) is -0.496. The molecule has 5 heteroatoms. The maximum atomic E-state index is 11.6. The predicted octanol–water partition coefficient (Wildman–Crippen LogP) is 0.280. The lowest BCUT2D eigenvalue weighted by molar-refractivity contribution is -0.137. The van der Waals surface area contributed by atoms with Crippen LogP contribution in [-0.2, 0) is 9.53 Å². The van der Waals surface area contributed by atoms with Gasteiger partial charge in [-0.05, 0) is 6.08 Å². The van der Waals surface area contributed by atoms with Gasteiger partial charge in [0.25, 0.3) is 6.43 Å². The molecule has 0 radical (unpaired) electrons. The van der Waals surface area contributed by atoms with Gasteiger partial charge >= 0.3 is 5.97 Å². The van der Waals surface area contributed by atoms with E-state index in [1.54, 1.807) is 0 Å². The summed E-state index contributed by atoms with van der Waals surface area (Å²) in [5, 5.41) is 2.32. The van der Waals surface area contributed by atoms with E-state index in [1.807, 2.05) is 0 Å². The van der Waals surface area contributed by atoms with Crippen molar-refractivity contribution in [2.24, 2.45) is 0 Å². The van der Waals surface area contributed by atoms with Gasteiger partial charge in [-0.2, -0.15) is 0 Å². The van der Waals surface area contributed by atoms with Crippen LogP contribution in [0.4, 0.5) is 8.78 Å². The second-order valence-corrected chi connectivity index (χ2v) is 2.04. The topological polar surface area (TPSA) is 38.3 Å². The molecule has 1 N–H and O–H groups in total. The van der Waals surface area contributed by atoms with Gasteiger partial charge in [-0.15, -0.1) is 0 Å². The number of cyclic esters (lactones) is 1. The van der Waals surface area contributed by atoms with Crippen molar-refractivity contribution in [1.29, 1.82) is 0 Å². The van der Waals surface area contributed by atoms with Gasteiger partial charge in [0.15, 0.2) is 0 Å². The molecule has 0 saturated heterocycles. The Kier molecular flexibility index (Phi) is 2.53. The zero-order chi connectivity index (χ0) is 8.27. The van der Waals surface area contributed by atoms with E-state index in [2.05, 4.69) is 10.1 Å². The average molecular weight is 163 g/mol. The normalized spacial score (nSPS) is 22.8. The third kappa shape index (κ3) is 2.27. The standard InChI is InChI=1S/C6H7F2NO2/c7-5(8)3-9-4-1-2-11-6(4)10/h1-2,4-5,9H,3H2. The van der Waals surface area contributed by atoms with Crippen molar-refractivity contribution < 1.29 is 18.3 Å². The van der Waals surface area contributed by atoms with Crippen LogP contribution < -0.4 is 5.32 Å². The zero-order valence-corrected chi connectivity index (χ0v) is 5.59. The van der Waals surface area contributed by atoms with Crippen molar-refractivity contribution in [1.82, 2.24) is 5.32 Å². The minimum absolute atomic E-state index is 0.496. The van der Waals surface area contributed by atoms with Crippen molar-refractivity contribution in [3.63, 3.8) is 0 Å². The largest absolute Gasteiger partial charge is 0.433 e. The summed E-state index contributed by atoms with van der Waals surface area (Å²) in [7, 11) is 0. The number of carbonyl (C=O) groups excluding carboxylic acids is 1. The number of ether oxygens (including phenoxy) is 1. The molecule has 1 aliphatic heterocycles. The molecule has 1 unspecified atom stereocenters. The van der Waals surface area contributed by atoms with Crippen LogP contribution in [0.3, 0.4) is 0 Å². The third-order valence-electron chi connectivity index (χ3n) is 1.20. The maximum absolute atomic E-state index is 11.6. The van der Waals surface area contributed by atoms with Gasteiger partial charge in [0.2, 0.25) is 0 Å². The minimum atomic E-state index is -2.45. The molecule has 0 bridgehead atoms. The molecule has 3 nitrogen and oxygen atoms in total. The average Bonchev–Trinajstić information content (AvgIpc) is 2.31. The van der Waals surface area contributed by atoms with Crippen LogP contribution in [0.2, 0.25) is 0 Å². The lowest BCUT2D eigenvalue weighted by Crippen LogP contribution is -2.35. The molecule has 1 aliphatic rings. The van der Waals surface area contributed by atoms with E-state index in [-0.39, 0.29) is 0 Å². The van der Waals surface area contributed by atoms with Gasteiger partial charge in [-0.1, -0.05) is 0 Å². The highest BCUT2D eigenvalue weighted by molar-refractivity contribution is 5.80. The van der Waals surface area contributed by atoms with Gasteiger partial charge in [0.1, 0.15) is 6.04 Å². The monoisotopic (exact) mass is 163 g/mol. The fourth-order valence-electron chi connectivity index (χ4n) is 0.704. The quantitative estimate of drug-likeness (QED) is 0.607. The van der Waals surface area contributed by atoms with Crippen LogP contribution >= 0.6 is 0 Å².